The molecule has 0 bridgehead atoms. The summed E-state index contributed by atoms with van der Waals surface area (Å²) < 4.78 is 11.1. The van der Waals surface area contributed by atoms with Gasteiger partial charge in [0.05, 0.1) is 17.7 Å². The summed E-state index contributed by atoms with van der Waals surface area (Å²) in [6.45, 7) is 8.29. The van der Waals surface area contributed by atoms with Gasteiger partial charge in [0.15, 0.2) is 0 Å². The Balaban J connectivity index is 1.17. The Labute approximate surface area is 257 Å². The number of aromatic amines is 1. The number of amides is 1. The molecule has 0 aliphatic carbocycles. The highest BCUT2D eigenvalue weighted by molar-refractivity contribution is 6.10. The number of carbonyl (C=O) groups excluding carboxylic acids is 2. The fourth-order valence-corrected chi connectivity index (χ4v) is 5.44. The third kappa shape index (κ3) is 7.10. The lowest BCUT2D eigenvalue weighted by molar-refractivity contribution is -0.115. The van der Waals surface area contributed by atoms with Crippen molar-refractivity contribution in [1.82, 2.24) is 10.3 Å². The Bertz CT molecular complexity index is 1740. The van der Waals surface area contributed by atoms with Crippen LogP contribution in [0.15, 0.2) is 91.0 Å². The van der Waals surface area contributed by atoms with Crippen molar-refractivity contribution in [2.45, 2.75) is 45.8 Å². The smallest absolute Gasteiger partial charge is 0.338 e. The normalized spacial score (nSPS) is 12.3. The zero-order chi connectivity index (χ0) is 31.3. The van der Waals surface area contributed by atoms with Crippen LogP contribution in [0.4, 0.5) is 11.4 Å². The van der Waals surface area contributed by atoms with Gasteiger partial charge in [-0.05, 0) is 87.4 Å². The number of fused-ring (bicyclic) bond motifs is 3. The Kier molecular flexibility index (Phi) is 9.32. The zero-order valence-corrected chi connectivity index (χ0v) is 25.6. The molecule has 8 heteroatoms. The first-order valence-electron chi connectivity index (χ1n) is 14.9. The molecule has 5 aromatic rings. The number of aliphatic hydroxyl groups is 1. The van der Waals surface area contributed by atoms with Gasteiger partial charge in [0.25, 0.3) is 0 Å². The number of hydrogen-bond donors (Lipinski definition) is 3. The maximum Gasteiger partial charge on any atom is 0.338 e. The summed E-state index contributed by atoms with van der Waals surface area (Å²) in [6, 6.07) is 28.7. The molecule has 4 aromatic carbocycles. The van der Waals surface area contributed by atoms with Crippen LogP contribution in [0.25, 0.3) is 21.8 Å². The van der Waals surface area contributed by atoms with E-state index in [0.717, 1.165) is 38.8 Å². The molecule has 0 aliphatic heterocycles. The van der Waals surface area contributed by atoms with Gasteiger partial charge in [-0.3, -0.25) is 9.69 Å². The van der Waals surface area contributed by atoms with E-state index in [4.69, 9.17) is 9.47 Å². The quantitative estimate of drug-likeness (QED) is 0.142. The molecule has 0 fully saturated rings. The van der Waals surface area contributed by atoms with Gasteiger partial charge in [0.2, 0.25) is 5.91 Å². The van der Waals surface area contributed by atoms with E-state index in [1.807, 2.05) is 60.7 Å². The summed E-state index contributed by atoms with van der Waals surface area (Å²) in [6.07, 6.45) is 0.0144. The molecule has 0 radical (unpaired) electrons. The second kappa shape index (κ2) is 13.3. The molecule has 1 heterocycles. The molecule has 3 N–H and O–H groups in total. The van der Waals surface area contributed by atoms with Gasteiger partial charge < -0.3 is 24.9 Å². The first-order valence-corrected chi connectivity index (χ1v) is 14.9. The van der Waals surface area contributed by atoms with Crippen LogP contribution in [0.3, 0.4) is 0 Å². The van der Waals surface area contributed by atoms with Crippen LogP contribution in [0, 0.1) is 0 Å². The van der Waals surface area contributed by atoms with E-state index in [9.17, 15) is 14.7 Å². The van der Waals surface area contributed by atoms with E-state index < -0.39 is 12.1 Å². The molecule has 1 aromatic heterocycles. The molecule has 0 saturated carbocycles. The van der Waals surface area contributed by atoms with Gasteiger partial charge in [-0.15, -0.1) is 0 Å². The number of nitrogens with one attached hydrogen (secondary N) is 2. The lowest BCUT2D eigenvalue weighted by atomic mass is 9.94. The number of nitrogens with zero attached hydrogens (tertiary/aromatic N) is 1. The fourth-order valence-electron chi connectivity index (χ4n) is 5.44. The topological polar surface area (TPSA) is 104 Å². The average Bonchev–Trinajstić information content (AvgIpc) is 3.39. The molecule has 0 spiro atoms. The van der Waals surface area contributed by atoms with Crippen LogP contribution in [0.2, 0.25) is 0 Å². The van der Waals surface area contributed by atoms with Gasteiger partial charge in [0.1, 0.15) is 18.5 Å². The Morgan fingerprint density at radius 3 is 2.25 bits per heavy atom. The van der Waals surface area contributed by atoms with Gasteiger partial charge in [0, 0.05) is 46.7 Å². The number of hydrogen-bond acceptors (Lipinski definition) is 6. The van der Waals surface area contributed by atoms with E-state index in [1.54, 1.807) is 36.1 Å². The second-order valence-corrected chi connectivity index (χ2v) is 11.5. The number of para-hydroxylation sites is 1. The number of esters is 1. The van der Waals surface area contributed by atoms with Crippen molar-refractivity contribution >= 4 is 45.1 Å². The predicted molar refractivity (Wildman–Crippen MR) is 175 cm³/mol. The zero-order valence-electron chi connectivity index (χ0n) is 25.6. The van der Waals surface area contributed by atoms with Crippen LogP contribution in [0.1, 0.15) is 43.6 Å². The van der Waals surface area contributed by atoms with Crippen LogP contribution < -0.4 is 15.0 Å². The highest BCUT2D eigenvalue weighted by atomic mass is 16.5. The maximum absolute atomic E-state index is 12.6. The van der Waals surface area contributed by atoms with Gasteiger partial charge >= 0.3 is 5.97 Å². The number of aliphatic hydroxyl groups excluding tert-OH is 1. The van der Waals surface area contributed by atoms with Crippen molar-refractivity contribution in [2.75, 3.05) is 24.7 Å². The highest BCUT2D eigenvalue weighted by Crippen LogP contribution is 2.33. The van der Waals surface area contributed by atoms with Gasteiger partial charge in [-0.25, -0.2) is 4.79 Å². The van der Waals surface area contributed by atoms with Crippen molar-refractivity contribution < 1.29 is 24.2 Å². The van der Waals surface area contributed by atoms with Crippen molar-refractivity contribution in [1.29, 1.82) is 0 Å². The summed E-state index contributed by atoms with van der Waals surface area (Å²) in [7, 11) is 0. The number of β-amino-alcohol motifs (C(OH)–C–C–N with tert-alkyl or cyclic N) is 1. The maximum atomic E-state index is 12.6. The SMILES string of the molecule is CCOC(=O)c1ccc(N(C(C)=O)c2ccc(CC(C)(C)NCC(O)COc3cccc4[nH]c5ccccc5c34)cc2)cc1. The van der Waals surface area contributed by atoms with Gasteiger partial charge in [-0.2, -0.15) is 0 Å². The number of benzene rings is 4. The minimum Gasteiger partial charge on any atom is -0.490 e. The molecule has 1 amide bonds. The summed E-state index contributed by atoms with van der Waals surface area (Å²) in [4.78, 5) is 29.6. The van der Waals surface area contributed by atoms with E-state index in [-0.39, 0.29) is 18.1 Å². The molecule has 8 nitrogen and oxygen atoms in total. The molecular formula is C36H39N3O5. The van der Waals surface area contributed by atoms with Crippen LogP contribution in [-0.2, 0) is 16.0 Å². The van der Waals surface area contributed by atoms with E-state index in [2.05, 4.69) is 30.2 Å². The third-order valence-electron chi connectivity index (χ3n) is 7.53. The summed E-state index contributed by atoms with van der Waals surface area (Å²) >= 11 is 0. The monoisotopic (exact) mass is 593 g/mol. The van der Waals surface area contributed by atoms with Crippen molar-refractivity contribution in [2.24, 2.45) is 0 Å². The Morgan fingerprint density at radius 2 is 1.57 bits per heavy atom. The summed E-state index contributed by atoms with van der Waals surface area (Å²) in [5, 5.41) is 16.3. The molecular weight excluding hydrogens is 554 g/mol. The fraction of sp³-hybridized carbons (Fsp3) is 0.278. The minimum absolute atomic E-state index is 0.138. The van der Waals surface area contributed by atoms with Gasteiger partial charge in [-0.1, -0.05) is 36.4 Å². The lowest BCUT2D eigenvalue weighted by Crippen LogP contribution is -2.46. The van der Waals surface area contributed by atoms with Crippen LogP contribution in [0.5, 0.6) is 5.75 Å². The number of rotatable bonds is 12. The molecule has 228 valence electrons. The van der Waals surface area contributed by atoms with Crippen LogP contribution in [-0.4, -0.2) is 53.4 Å². The number of ether oxygens (including phenoxy) is 2. The second-order valence-electron chi connectivity index (χ2n) is 11.5. The third-order valence-corrected chi connectivity index (χ3v) is 7.53. The molecule has 0 aliphatic rings. The Hall–Kier alpha value is -4.66. The summed E-state index contributed by atoms with van der Waals surface area (Å²) in [5.74, 6) is 0.214. The first-order chi connectivity index (χ1) is 21.1. The minimum atomic E-state index is -0.698. The standard InChI is InChI=1S/C36H39N3O5/c1-5-43-35(42)26-15-19-28(20-16-26)39(24(2)40)27-17-13-25(14-18-27)21-36(3,4)37-22-29(41)23-44-33-12-8-11-32-34(33)30-9-6-7-10-31(30)38-32/h6-20,29,37-38,41H,5,21-23H2,1-4H3. The largest absolute Gasteiger partial charge is 0.490 e. The Morgan fingerprint density at radius 1 is 0.909 bits per heavy atom. The molecule has 5 rings (SSSR count). The van der Waals surface area contributed by atoms with E-state index in [1.165, 1.54) is 6.92 Å². The van der Waals surface area contributed by atoms with Crippen molar-refractivity contribution in [3.05, 3.63) is 102 Å². The average molecular weight is 594 g/mol. The molecule has 1 unspecified atom stereocenters. The van der Waals surface area contributed by atoms with E-state index >= 15 is 0 Å². The number of anilines is 2. The molecule has 1 atom stereocenters. The number of carbonyl (C=O) groups is 2. The highest BCUT2D eigenvalue weighted by Gasteiger charge is 2.21. The number of aromatic nitrogens is 1. The van der Waals surface area contributed by atoms with E-state index in [0.29, 0.717) is 30.8 Å². The summed E-state index contributed by atoms with van der Waals surface area (Å²) in [5.41, 5.74) is 4.67. The first kappa shape index (κ1) is 30.8. The lowest BCUT2D eigenvalue weighted by Gasteiger charge is -2.28. The number of H-pyrrole nitrogens is 1. The molecule has 0 saturated heterocycles. The van der Waals surface area contributed by atoms with Crippen molar-refractivity contribution in [3.8, 4) is 5.75 Å². The van der Waals surface area contributed by atoms with Crippen LogP contribution >= 0.6 is 0 Å². The van der Waals surface area contributed by atoms with Crippen molar-refractivity contribution in [3.63, 3.8) is 0 Å². The molecule has 44 heavy (non-hydrogen) atoms. The predicted octanol–water partition coefficient (Wildman–Crippen LogP) is 6.53.